The summed E-state index contributed by atoms with van der Waals surface area (Å²) in [5.41, 5.74) is 0. The van der Waals surface area contributed by atoms with Crippen LogP contribution in [-0.4, -0.2) is 84.7 Å². The van der Waals surface area contributed by atoms with E-state index in [4.69, 9.17) is 4.74 Å². The zero-order chi connectivity index (χ0) is 17.9. The van der Waals surface area contributed by atoms with E-state index in [2.05, 4.69) is 26.8 Å². The minimum atomic E-state index is 0.0444. The lowest BCUT2D eigenvalue weighted by Gasteiger charge is -2.38. The number of ether oxygens (including phenoxy) is 1. The minimum Gasteiger partial charge on any atom is -0.377 e. The van der Waals surface area contributed by atoms with Gasteiger partial charge in [-0.2, -0.15) is 0 Å². The maximum Gasteiger partial charge on any atom is 0.228 e. The van der Waals surface area contributed by atoms with Crippen LogP contribution in [0.5, 0.6) is 0 Å². The Labute approximate surface area is 155 Å². The Morgan fingerprint density at radius 2 is 1.73 bits per heavy atom. The quantitative estimate of drug-likeness (QED) is 0.798. The molecule has 1 aromatic heterocycles. The number of anilines is 1. The van der Waals surface area contributed by atoms with Crippen molar-refractivity contribution in [2.24, 2.45) is 11.8 Å². The van der Waals surface area contributed by atoms with Gasteiger partial charge in [0.05, 0.1) is 12.0 Å². The topological polar surface area (TPSA) is 61.8 Å². The number of likely N-dealkylation sites (tertiary alicyclic amines) is 1. The van der Waals surface area contributed by atoms with Crippen LogP contribution in [0.3, 0.4) is 0 Å². The number of nitrogens with zero attached hydrogens (tertiary/aromatic N) is 5. The number of hydrogen-bond acceptors (Lipinski definition) is 6. The van der Waals surface area contributed by atoms with E-state index >= 15 is 0 Å². The van der Waals surface area contributed by atoms with E-state index in [1.54, 1.807) is 12.4 Å². The molecule has 0 aromatic carbocycles. The summed E-state index contributed by atoms with van der Waals surface area (Å²) >= 11 is 0. The van der Waals surface area contributed by atoms with Crippen molar-refractivity contribution >= 4 is 11.9 Å². The molecule has 1 amide bonds. The summed E-state index contributed by atoms with van der Waals surface area (Å²) in [5.74, 6) is 1.62. The van der Waals surface area contributed by atoms with Crippen molar-refractivity contribution in [1.82, 2.24) is 19.8 Å². The summed E-state index contributed by atoms with van der Waals surface area (Å²) in [7, 11) is 2.17. The summed E-state index contributed by atoms with van der Waals surface area (Å²) in [6, 6.07) is 1.83. The molecule has 0 bridgehead atoms. The van der Waals surface area contributed by atoms with Crippen LogP contribution in [0, 0.1) is 11.8 Å². The standard InChI is InChI=1S/C19H29N5O2/c1-22-8-3-15(4-9-22)17-16(5-14-26-17)18(25)23-10-12-24(13-11-23)19-20-6-2-7-21-19/h2,6-7,15-17H,3-5,8-14H2,1H3/t16-,17+/m0/s1. The fourth-order valence-corrected chi connectivity index (χ4v) is 4.51. The number of hydrogen-bond donors (Lipinski definition) is 0. The molecular weight excluding hydrogens is 330 g/mol. The second kappa shape index (κ2) is 7.88. The van der Waals surface area contributed by atoms with Crippen molar-refractivity contribution in [3.8, 4) is 0 Å². The largest absolute Gasteiger partial charge is 0.377 e. The fourth-order valence-electron chi connectivity index (χ4n) is 4.51. The van der Waals surface area contributed by atoms with E-state index in [0.717, 1.165) is 71.1 Å². The van der Waals surface area contributed by atoms with Crippen molar-refractivity contribution in [3.63, 3.8) is 0 Å². The molecule has 0 spiro atoms. The fraction of sp³-hybridized carbons (Fsp3) is 0.737. The average molecular weight is 359 g/mol. The van der Waals surface area contributed by atoms with Crippen LogP contribution in [-0.2, 0) is 9.53 Å². The predicted molar refractivity (Wildman–Crippen MR) is 98.9 cm³/mol. The maximum absolute atomic E-state index is 13.1. The molecule has 1 aromatic rings. The molecule has 0 radical (unpaired) electrons. The van der Waals surface area contributed by atoms with Gasteiger partial charge in [0.25, 0.3) is 0 Å². The highest BCUT2D eigenvalue weighted by Crippen LogP contribution is 2.34. The van der Waals surface area contributed by atoms with Crippen LogP contribution < -0.4 is 4.90 Å². The van der Waals surface area contributed by atoms with Crippen molar-refractivity contribution < 1.29 is 9.53 Å². The van der Waals surface area contributed by atoms with Crippen LogP contribution in [0.4, 0.5) is 5.95 Å². The molecule has 3 saturated heterocycles. The van der Waals surface area contributed by atoms with E-state index < -0.39 is 0 Å². The van der Waals surface area contributed by atoms with Crippen molar-refractivity contribution in [2.75, 3.05) is 57.8 Å². The lowest BCUT2D eigenvalue weighted by Crippen LogP contribution is -2.52. The SMILES string of the molecule is CN1CCC([C@H]2OCC[C@@H]2C(=O)N2CCN(c3ncccn3)CC2)CC1. The third kappa shape index (κ3) is 3.69. The van der Waals surface area contributed by atoms with E-state index in [1.165, 1.54) is 0 Å². The molecule has 26 heavy (non-hydrogen) atoms. The van der Waals surface area contributed by atoms with Crippen LogP contribution in [0.1, 0.15) is 19.3 Å². The maximum atomic E-state index is 13.1. The van der Waals surface area contributed by atoms with Gasteiger partial charge in [-0.3, -0.25) is 4.79 Å². The Hall–Kier alpha value is -1.73. The Bertz CT molecular complexity index is 597. The summed E-state index contributed by atoms with van der Waals surface area (Å²) in [4.78, 5) is 28.3. The van der Waals surface area contributed by atoms with Gasteiger partial charge >= 0.3 is 0 Å². The Kier molecular flexibility index (Phi) is 5.36. The lowest BCUT2D eigenvalue weighted by atomic mass is 9.83. The van der Waals surface area contributed by atoms with E-state index in [-0.39, 0.29) is 12.0 Å². The smallest absolute Gasteiger partial charge is 0.228 e. The molecule has 0 aliphatic carbocycles. The van der Waals surface area contributed by atoms with E-state index in [1.807, 2.05) is 11.0 Å². The van der Waals surface area contributed by atoms with Gasteiger partial charge < -0.3 is 19.4 Å². The molecular formula is C19H29N5O2. The number of piperidine rings is 1. The molecule has 0 N–H and O–H groups in total. The van der Waals surface area contributed by atoms with Gasteiger partial charge in [-0.05, 0) is 51.4 Å². The van der Waals surface area contributed by atoms with Gasteiger partial charge in [0.15, 0.2) is 0 Å². The predicted octanol–water partition coefficient (Wildman–Crippen LogP) is 0.872. The third-order valence-corrected chi connectivity index (χ3v) is 6.11. The van der Waals surface area contributed by atoms with Gasteiger partial charge in [-0.1, -0.05) is 0 Å². The number of aromatic nitrogens is 2. The molecule has 0 unspecified atom stereocenters. The third-order valence-electron chi connectivity index (χ3n) is 6.11. The zero-order valence-corrected chi connectivity index (χ0v) is 15.6. The Balaban J connectivity index is 1.34. The van der Waals surface area contributed by atoms with Gasteiger partial charge in [0.1, 0.15) is 0 Å². The summed E-state index contributed by atoms with van der Waals surface area (Å²) in [6.07, 6.45) is 6.81. The Morgan fingerprint density at radius 1 is 1.04 bits per heavy atom. The molecule has 3 fully saturated rings. The molecule has 142 valence electrons. The highest BCUT2D eigenvalue weighted by molar-refractivity contribution is 5.80. The van der Waals surface area contributed by atoms with Gasteiger partial charge in [-0.15, -0.1) is 0 Å². The monoisotopic (exact) mass is 359 g/mol. The zero-order valence-electron chi connectivity index (χ0n) is 15.6. The van der Waals surface area contributed by atoms with Crippen LogP contribution in [0.2, 0.25) is 0 Å². The Morgan fingerprint density at radius 3 is 2.42 bits per heavy atom. The van der Waals surface area contributed by atoms with Gasteiger partial charge in [-0.25, -0.2) is 9.97 Å². The highest BCUT2D eigenvalue weighted by atomic mass is 16.5. The van der Waals surface area contributed by atoms with Crippen molar-refractivity contribution in [2.45, 2.75) is 25.4 Å². The molecule has 3 aliphatic rings. The van der Waals surface area contributed by atoms with Crippen LogP contribution in [0.25, 0.3) is 0 Å². The minimum absolute atomic E-state index is 0.0444. The molecule has 4 heterocycles. The first kappa shape index (κ1) is 17.7. The molecule has 3 aliphatic heterocycles. The first-order valence-corrected chi connectivity index (χ1v) is 9.83. The number of amides is 1. The summed E-state index contributed by atoms with van der Waals surface area (Å²) < 4.78 is 6.05. The number of carbonyl (C=O) groups excluding carboxylic acids is 1. The average Bonchev–Trinajstić information content (AvgIpc) is 3.19. The van der Waals surface area contributed by atoms with Gasteiger partial charge in [0, 0.05) is 45.2 Å². The van der Waals surface area contributed by atoms with Crippen LogP contribution in [0.15, 0.2) is 18.5 Å². The highest BCUT2D eigenvalue weighted by Gasteiger charge is 2.42. The van der Waals surface area contributed by atoms with E-state index in [9.17, 15) is 4.79 Å². The summed E-state index contributed by atoms with van der Waals surface area (Å²) in [6.45, 7) is 6.03. The second-order valence-corrected chi connectivity index (χ2v) is 7.73. The molecule has 0 saturated carbocycles. The number of piperazine rings is 1. The molecule has 7 heteroatoms. The normalized spacial score (nSPS) is 28.5. The number of carbonyl (C=O) groups is 1. The first-order valence-electron chi connectivity index (χ1n) is 9.83. The molecule has 7 nitrogen and oxygen atoms in total. The molecule has 4 rings (SSSR count). The van der Waals surface area contributed by atoms with E-state index in [0.29, 0.717) is 11.8 Å². The van der Waals surface area contributed by atoms with Crippen molar-refractivity contribution in [1.29, 1.82) is 0 Å². The van der Waals surface area contributed by atoms with Crippen LogP contribution >= 0.6 is 0 Å². The molecule has 2 atom stereocenters. The first-order chi connectivity index (χ1) is 12.7. The van der Waals surface area contributed by atoms with Crippen molar-refractivity contribution in [3.05, 3.63) is 18.5 Å². The number of rotatable bonds is 3. The van der Waals surface area contributed by atoms with Gasteiger partial charge in [0.2, 0.25) is 11.9 Å². The summed E-state index contributed by atoms with van der Waals surface area (Å²) in [5, 5.41) is 0. The lowest BCUT2D eigenvalue weighted by molar-refractivity contribution is -0.139. The second-order valence-electron chi connectivity index (χ2n) is 7.73.